The largest absolute Gasteiger partial charge is 0.476 e. The summed E-state index contributed by atoms with van der Waals surface area (Å²) in [5.41, 5.74) is -0.0611. The van der Waals surface area contributed by atoms with Crippen LogP contribution in [0.5, 0.6) is 0 Å². The summed E-state index contributed by atoms with van der Waals surface area (Å²) in [5, 5.41) is 15.3. The number of aromatic carboxylic acids is 1. The van der Waals surface area contributed by atoms with E-state index in [2.05, 4.69) is 32.5 Å². The van der Waals surface area contributed by atoms with Crippen molar-refractivity contribution in [2.75, 3.05) is 6.54 Å². The van der Waals surface area contributed by atoms with Crippen LogP contribution in [0.25, 0.3) is 0 Å². The van der Waals surface area contributed by atoms with Gasteiger partial charge in [0.2, 0.25) is 0 Å². The normalized spacial score (nSPS) is 10.7. The minimum atomic E-state index is -1.08. The summed E-state index contributed by atoms with van der Waals surface area (Å²) in [5.74, 6) is -0.548. The number of rotatable bonds is 6. The van der Waals surface area contributed by atoms with Crippen molar-refractivity contribution < 1.29 is 14.4 Å². The lowest BCUT2D eigenvalue weighted by Gasteiger charge is -1.99. The lowest BCUT2D eigenvalue weighted by molar-refractivity contribution is 0.0685. The molecule has 0 spiro atoms. The zero-order valence-electron chi connectivity index (χ0n) is 9.35. The third-order valence-electron chi connectivity index (χ3n) is 2.25. The Morgan fingerprint density at radius 1 is 1.56 bits per heavy atom. The number of hydrogen-bond donors (Lipinski definition) is 2. The molecule has 0 bridgehead atoms. The Bertz CT molecular complexity index is 538. The van der Waals surface area contributed by atoms with Gasteiger partial charge in [0.05, 0.1) is 10.3 Å². The lowest BCUT2D eigenvalue weighted by Crippen LogP contribution is -2.15. The molecule has 2 heterocycles. The van der Waals surface area contributed by atoms with Crippen molar-refractivity contribution in [1.29, 1.82) is 0 Å². The van der Waals surface area contributed by atoms with Gasteiger partial charge in [-0.15, -0.1) is 11.3 Å². The molecule has 2 N–H and O–H groups in total. The van der Waals surface area contributed by atoms with Gasteiger partial charge in [-0.25, -0.2) is 4.79 Å². The predicted octanol–water partition coefficient (Wildman–Crippen LogP) is 2.53. The number of nitrogens with one attached hydrogen (secondary N) is 1. The van der Waals surface area contributed by atoms with Gasteiger partial charge < -0.3 is 14.9 Å². The summed E-state index contributed by atoms with van der Waals surface area (Å²) in [6.07, 6.45) is 0.927. The maximum atomic E-state index is 10.6. The fourth-order valence-corrected chi connectivity index (χ4v) is 2.89. The van der Waals surface area contributed by atoms with Gasteiger partial charge in [0.25, 0.3) is 0 Å². The van der Waals surface area contributed by atoms with Gasteiger partial charge >= 0.3 is 5.97 Å². The molecule has 7 heteroatoms. The van der Waals surface area contributed by atoms with Crippen LogP contribution in [0.2, 0.25) is 0 Å². The number of carboxylic acid groups (broad SMARTS) is 1. The molecule has 0 atom stereocenters. The van der Waals surface area contributed by atoms with Crippen molar-refractivity contribution in [3.63, 3.8) is 0 Å². The van der Waals surface area contributed by atoms with E-state index in [1.165, 1.54) is 10.9 Å². The molecule has 2 aromatic rings. The molecule has 0 aliphatic heterocycles. The van der Waals surface area contributed by atoms with E-state index >= 15 is 0 Å². The van der Waals surface area contributed by atoms with Crippen molar-refractivity contribution in [3.8, 4) is 0 Å². The molecule has 0 saturated carbocycles. The Hall–Kier alpha value is -1.18. The van der Waals surface area contributed by atoms with Crippen molar-refractivity contribution in [3.05, 3.63) is 38.3 Å². The Balaban J connectivity index is 1.73. The van der Waals surface area contributed by atoms with Crippen LogP contribution in [0.4, 0.5) is 0 Å². The molecule has 0 fully saturated rings. The molecule has 96 valence electrons. The molecule has 0 aliphatic carbocycles. The molecule has 2 aromatic heterocycles. The van der Waals surface area contributed by atoms with Gasteiger partial charge in [-0.3, -0.25) is 0 Å². The molecule has 0 amide bonds. The Kier molecular flexibility index (Phi) is 4.51. The van der Waals surface area contributed by atoms with Gasteiger partial charge in [0, 0.05) is 17.5 Å². The maximum Gasteiger partial charge on any atom is 0.358 e. The van der Waals surface area contributed by atoms with Crippen LogP contribution in [0.1, 0.15) is 21.1 Å². The van der Waals surface area contributed by atoms with Crippen LogP contribution < -0.4 is 5.32 Å². The highest BCUT2D eigenvalue weighted by Crippen LogP contribution is 2.22. The van der Waals surface area contributed by atoms with Gasteiger partial charge in [0.1, 0.15) is 0 Å². The Morgan fingerprint density at radius 2 is 2.39 bits per heavy atom. The van der Waals surface area contributed by atoms with E-state index in [9.17, 15) is 4.79 Å². The molecule has 2 rings (SSSR count). The number of thiophene rings is 1. The van der Waals surface area contributed by atoms with Crippen molar-refractivity contribution in [1.82, 2.24) is 10.5 Å². The van der Waals surface area contributed by atoms with Crippen LogP contribution in [-0.4, -0.2) is 22.8 Å². The number of halogens is 1. The number of hydrogen-bond acceptors (Lipinski definition) is 5. The van der Waals surface area contributed by atoms with Gasteiger partial charge in [-0.2, -0.15) is 0 Å². The number of nitrogens with zero attached hydrogens (tertiary/aromatic N) is 1. The zero-order valence-corrected chi connectivity index (χ0v) is 11.8. The molecule has 0 aromatic carbocycles. The van der Waals surface area contributed by atoms with Crippen LogP contribution in [0.3, 0.4) is 0 Å². The number of carboxylic acids is 1. The van der Waals surface area contributed by atoms with E-state index in [0.717, 1.165) is 16.8 Å². The topological polar surface area (TPSA) is 75.4 Å². The average Bonchev–Trinajstić information content (AvgIpc) is 2.93. The smallest absolute Gasteiger partial charge is 0.358 e. The second-order valence-electron chi connectivity index (χ2n) is 3.62. The van der Waals surface area contributed by atoms with Gasteiger partial charge in [-0.05, 0) is 34.5 Å². The van der Waals surface area contributed by atoms with E-state index in [0.29, 0.717) is 12.3 Å². The van der Waals surface area contributed by atoms with Crippen LogP contribution in [-0.2, 0) is 13.0 Å². The molecule has 0 saturated heterocycles. The molecular weight excluding hydrogens is 320 g/mol. The average molecular weight is 331 g/mol. The quantitative estimate of drug-likeness (QED) is 0.796. The minimum Gasteiger partial charge on any atom is -0.476 e. The first-order chi connectivity index (χ1) is 8.65. The number of aromatic nitrogens is 1. The summed E-state index contributed by atoms with van der Waals surface area (Å²) in [6, 6.07) is 5.53. The Labute approximate surface area is 116 Å². The second kappa shape index (κ2) is 6.12. The first-order valence-corrected chi connectivity index (χ1v) is 6.90. The first-order valence-electron chi connectivity index (χ1n) is 5.29. The monoisotopic (exact) mass is 330 g/mol. The molecule has 5 nitrogen and oxygen atoms in total. The Morgan fingerprint density at radius 3 is 3.00 bits per heavy atom. The van der Waals surface area contributed by atoms with Gasteiger partial charge in [0.15, 0.2) is 11.5 Å². The van der Waals surface area contributed by atoms with Crippen LogP contribution in [0.15, 0.2) is 26.5 Å². The predicted molar refractivity (Wildman–Crippen MR) is 70.9 cm³/mol. The lowest BCUT2D eigenvalue weighted by atomic mass is 10.3. The summed E-state index contributed by atoms with van der Waals surface area (Å²) in [6.45, 7) is 1.28. The van der Waals surface area contributed by atoms with Gasteiger partial charge in [-0.1, -0.05) is 5.16 Å². The molecule has 0 aliphatic rings. The third kappa shape index (κ3) is 3.66. The van der Waals surface area contributed by atoms with E-state index < -0.39 is 5.97 Å². The maximum absolute atomic E-state index is 10.6. The molecule has 0 radical (unpaired) electrons. The van der Waals surface area contributed by atoms with Crippen molar-refractivity contribution in [2.45, 2.75) is 13.0 Å². The summed E-state index contributed by atoms with van der Waals surface area (Å²) < 4.78 is 6.01. The van der Waals surface area contributed by atoms with Crippen LogP contribution >= 0.6 is 27.3 Å². The highest BCUT2D eigenvalue weighted by atomic mass is 79.9. The van der Waals surface area contributed by atoms with Crippen LogP contribution in [0, 0.1) is 0 Å². The van der Waals surface area contributed by atoms with E-state index in [-0.39, 0.29) is 5.69 Å². The van der Waals surface area contributed by atoms with E-state index in [1.54, 1.807) is 11.3 Å². The SMILES string of the molecule is O=C(O)c1cc(CNCCc2ccc(Br)s2)on1. The van der Waals surface area contributed by atoms with E-state index in [4.69, 9.17) is 9.63 Å². The third-order valence-corrected chi connectivity index (χ3v) is 3.94. The first kappa shape index (κ1) is 13.3. The zero-order chi connectivity index (χ0) is 13.0. The second-order valence-corrected chi connectivity index (χ2v) is 6.16. The van der Waals surface area contributed by atoms with Crippen molar-refractivity contribution >= 4 is 33.2 Å². The molecular formula is C11H11BrN2O3S. The minimum absolute atomic E-state index is 0.0611. The summed E-state index contributed by atoms with van der Waals surface area (Å²) >= 11 is 5.12. The summed E-state index contributed by atoms with van der Waals surface area (Å²) in [4.78, 5) is 11.9. The van der Waals surface area contributed by atoms with Crippen molar-refractivity contribution in [2.24, 2.45) is 0 Å². The molecule has 0 unspecified atom stereocenters. The standard InChI is InChI=1S/C11H11BrN2O3S/c12-10-2-1-8(18-10)3-4-13-6-7-5-9(11(15)16)14-17-7/h1-2,5,13H,3-4,6H2,(H,15,16). The highest BCUT2D eigenvalue weighted by Gasteiger charge is 2.09. The fourth-order valence-electron chi connectivity index (χ4n) is 1.41. The van der Waals surface area contributed by atoms with E-state index in [1.807, 2.05) is 6.07 Å². The molecule has 18 heavy (non-hydrogen) atoms. The summed E-state index contributed by atoms with van der Waals surface area (Å²) in [7, 11) is 0. The fraction of sp³-hybridized carbons (Fsp3) is 0.273. The number of carbonyl (C=O) groups is 1. The highest BCUT2D eigenvalue weighted by molar-refractivity contribution is 9.11.